The van der Waals surface area contributed by atoms with Crippen molar-refractivity contribution in [3.05, 3.63) is 108 Å². The molecule has 0 fully saturated rings. The molecule has 7 aromatic rings. The Bertz CT molecular complexity index is 2150. The van der Waals surface area contributed by atoms with E-state index in [0.29, 0.717) is 0 Å². The van der Waals surface area contributed by atoms with Gasteiger partial charge < -0.3 is 5.32 Å². The third-order valence-electron chi connectivity index (χ3n) is 7.99. The van der Waals surface area contributed by atoms with Crippen molar-refractivity contribution in [1.82, 2.24) is 0 Å². The minimum atomic E-state index is 0.760. The Labute approximate surface area is 231 Å². The van der Waals surface area contributed by atoms with Crippen LogP contribution in [0.4, 0.5) is 11.4 Å². The molecule has 2 heterocycles. The van der Waals surface area contributed by atoms with E-state index in [1.165, 1.54) is 75.1 Å². The average Bonchev–Trinajstić information content (AvgIpc) is 3.34. The maximum atomic E-state index is 4.82. The van der Waals surface area contributed by atoms with E-state index >= 15 is 0 Å². The molecule has 1 aliphatic rings. The van der Waals surface area contributed by atoms with Gasteiger partial charge in [0.2, 0.25) is 0 Å². The van der Waals surface area contributed by atoms with Crippen molar-refractivity contribution in [2.45, 2.75) is 13.8 Å². The van der Waals surface area contributed by atoms with Crippen LogP contribution in [-0.4, -0.2) is 12.8 Å². The van der Waals surface area contributed by atoms with Crippen LogP contribution in [0, 0.1) is 13.8 Å². The Hall–Kier alpha value is -4.47. The lowest BCUT2D eigenvalue weighted by molar-refractivity contribution is 1.36. The zero-order chi connectivity index (χ0) is 26.1. The van der Waals surface area contributed by atoms with Gasteiger partial charge >= 0.3 is 0 Å². The molecule has 0 amide bonds. The molecule has 0 bridgehead atoms. The standard InChI is InChI=1S/C36H26N2S/c1-21-11-14-33-30(17-21)32-19-22(2)18-31(36(32)39-33)25-8-4-3-7-24(25)23-12-13-28-29(20-23)26-9-5-6-10-27(26)34-35(28)38-16-15-37-34/h3-14,16-20,37H,15H2,1-2H3. The predicted molar refractivity (Wildman–Crippen MR) is 171 cm³/mol. The van der Waals surface area contributed by atoms with Gasteiger partial charge in [0.25, 0.3) is 0 Å². The van der Waals surface area contributed by atoms with Gasteiger partial charge in [-0.2, -0.15) is 0 Å². The van der Waals surface area contributed by atoms with Crippen molar-refractivity contribution >= 4 is 70.6 Å². The largest absolute Gasteiger partial charge is 0.378 e. The number of nitrogens with zero attached hydrogens (tertiary/aromatic N) is 1. The number of hydrogen-bond donors (Lipinski definition) is 1. The highest BCUT2D eigenvalue weighted by molar-refractivity contribution is 7.26. The highest BCUT2D eigenvalue weighted by atomic mass is 32.1. The molecule has 186 valence electrons. The average molecular weight is 519 g/mol. The summed E-state index contributed by atoms with van der Waals surface area (Å²) in [5, 5.41) is 11.2. The molecule has 8 rings (SSSR count). The van der Waals surface area contributed by atoms with Crippen molar-refractivity contribution < 1.29 is 0 Å². The predicted octanol–water partition coefficient (Wildman–Crippen LogP) is 10.4. The van der Waals surface area contributed by atoms with Crippen LogP contribution in [0.1, 0.15) is 11.1 Å². The van der Waals surface area contributed by atoms with E-state index < -0.39 is 0 Å². The van der Waals surface area contributed by atoms with Gasteiger partial charge in [0.15, 0.2) is 0 Å². The normalized spacial score (nSPS) is 12.9. The lowest BCUT2D eigenvalue weighted by atomic mass is 9.90. The molecule has 1 aliphatic heterocycles. The number of rotatable bonds is 2. The molecule has 2 nitrogen and oxygen atoms in total. The molecule has 0 radical (unpaired) electrons. The summed E-state index contributed by atoms with van der Waals surface area (Å²) in [6.45, 7) is 5.15. The minimum Gasteiger partial charge on any atom is -0.378 e. The molecule has 0 spiro atoms. The van der Waals surface area contributed by atoms with E-state index in [2.05, 4.69) is 116 Å². The number of aryl methyl sites for hydroxylation is 2. The fourth-order valence-corrected chi connectivity index (χ4v) is 7.44. The first kappa shape index (κ1) is 22.5. The monoisotopic (exact) mass is 518 g/mol. The molecule has 1 N–H and O–H groups in total. The number of aliphatic imine (C=N–C) groups is 1. The highest BCUT2D eigenvalue weighted by Gasteiger charge is 2.18. The molecule has 0 saturated carbocycles. The zero-order valence-electron chi connectivity index (χ0n) is 21.9. The van der Waals surface area contributed by atoms with E-state index in [1.54, 1.807) is 0 Å². The Kier molecular flexibility index (Phi) is 4.92. The summed E-state index contributed by atoms with van der Waals surface area (Å²) in [5.74, 6) is 0. The minimum absolute atomic E-state index is 0.760. The van der Waals surface area contributed by atoms with E-state index in [0.717, 1.165) is 17.9 Å². The third-order valence-corrected chi connectivity index (χ3v) is 9.21. The van der Waals surface area contributed by atoms with E-state index in [9.17, 15) is 0 Å². The van der Waals surface area contributed by atoms with Crippen LogP contribution in [0.25, 0.3) is 64.0 Å². The van der Waals surface area contributed by atoms with Crippen LogP contribution >= 0.6 is 11.3 Å². The lowest BCUT2D eigenvalue weighted by Crippen LogP contribution is -2.07. The first-order valence-electron chi connectivity index (χ1n) is 13.4. The molecular formula is C36H26N2S. The van der Waals surface area contributed by atoms with Gasteiger partial charge in [-0.15, -0.1) is 11.3 Å². The number of hydrogen-bond acceptors (Lipinski definition) is 3. The molecule has 0 aliphatic carbocycles. The lowest BCUT2D eigenvalue weighted by Gasteiger charge is -2.19. The smallest absolute Gasteiger partial charge is 0.0942 e. The van der Waals surface area contributed by atoms with Crippen molar-refractivity contribution in [3.8, 4) is 22.3 Å². The number of fused-ring (bicyclic) bond motifs is 9. The van der Waals surface area contributed by atoms with Crippen LogP contribution in [-0.2, 0) is 0 Å². The van der Waals surface area contributed by atoms with E-state index in [1.807, 2.05) is 17.6 Å². The van der Waals surface area contributed by atoms with Gasteiger partial charge in [0.05, 0.1) is 17.9 Å². The van der Waals surface area contributed by atoms with Gasteiger partial charge in [0.1, 0.15) is 0 Å². The Morgan fingerprint density at radius 2 is 1.41 bits per heavy atom. The molecular weight excluding hydrogens is 492 g/mol. The summed E-state index contributed by atoms with van der Waals surface area (Å²) in [5.41, 5.74) is 9.82. The number of benzene rings is 6. The maximum absolute atomic E-state index is 4.82. The van der Waals surface area contributed by atoms with Crippen LogP contribution in [0.15, 0.2) is 102 Å². The zero-order valence-corrected chi connectivity index (χ0v) is 22.7. The van der Waals surface area contributed by atoms with Crippen LogP contribution < -0.4 is 5.32 Å². The first-order valence-corrected chi connectivity index (χ1v) is 14.3. The third kappa shape index (κ3) is 3.43. The van der Waals surface area contributed by atoms with Crippen molar-refractivity contribution in [2.75, 3.05) is 11.9 Å². The number of thiophene rings is 1. The first-order chi connectivity index (χ1) is 19.2. The van der Waals surface area contributed by atoms with Gasteiger partial charge in [-0.25, -0.2) is 0 Å². The molecule has 1 aromatic heterocycles. The van der Waals surface area contributed by atoms with Gasteiger partial charge in [-0.1, -0.05) is 72.3 Å². The van der Waals surface area contributed by atoms with Crippen molar-refractivity contribution in [1.29, 1.82) is 0 Å². The molecule has 6 aromatic carbocycles. The second-order valence-electron chi connectivity index (χ2n) is 10.6. The Morgan fingerprint density at radius 1 is 0.615 bits per heavy atom. The Balaban J connectivity index is 1.40. The van der Waals surface area contributed by atoms with Crippen molar-refractivity contribution in [3.63, 3.8) is 0 Å². The van der Waals surface area contributed by atoms with E-state index in [4.69, 9.17) is 4.99 Å². The molecule has 0 atom stereocenters. The maximum Gasteiger partial charge on any atom is 0.0942 e. The topological polar surface area (TPSA) is 24.4 Å². The van der Waals surface area contributed by atoms with Gasteiger partial charge in [0, 0.05) is 42.7 Å². The summed E-state index contributed by atoms with van der Waals surface area (Å²) < 4.78 is 2.70. The van der Waals surface area contributed by atoms with Gasteiger partial charge in [-0.05, 0) is 77.2 Å². The summed E-state index contributed by atoms with van der Waals surface area (Å²) in [4.78, 5) is 4.82. The summed E-state index contributed by atoms with van der Waals surface area (Å²) in [6, 6.07) is 36.0. The van der Waals surface area contributed by atoms with E-state index in [-0.39, 0.29) is 0 Å². The molecule has 3 heteroatoms. The number of nitrogens with one attached hydrogen (secondary N) is 1. The second-order valence-corrected chi connectivity index (χ2v) is 11.6. The summed E-state index contributed by atoms with van der Waals surface area (Å²) in [6.07, 6.45) is 1.97. The van der Waals surface area contributed by atoms with Crippen LogP contribution in [0.5, 0.6) is 0 Å². The highest BCUT2D eigenvalue weighted by Crippen LogP contribution is 2.46. The molecule has 39 heavy (non-hydrogen) atoms. The fraction of sp³-hybridized carbons (Fsp3) is 0.0833. The summed E-state index contributed by atoms with van der Waals surface area (Å²) in [7, 11) is 0. The second kappa shape index (κ2) is 8.52. The van der Waals surface area contributed by atoms with Crippen LogP contribution in [0.3, 0.4) is 0 Å². The fourth-order valence-electron chi connectivity index (χ4n) is 6.24. The molecule has 0 saturated heterocycles. The quantitative estimate of drug-likeness (QED) is 0.226. The number of anilines is 1. The van der Waals surface area contributed by atoms with Crippen molar-refractivity contribution in [2.24, 2.45) is 4.99 Å². The summed E-state index contributed by atoms with van der Waals surface area (Å²) >= 11 is 1.90. The van der Waals surface area contributed by atoms with Gasteiger partial charge in [-0.3, -0.25) is 4.99 Å². The SMILES string of the molecule is Cc1ccc2sc3c(-c4ccccc4-c4ccc5c6c(c7ccccc7c5c4)NCC=N6)cc(C)cc3c2c1. The molecule has 0 unspecified atom stereocenters. The Morgan fingerprint density at radius 3 is 2.31 bits per heavy atom. The van der Waals surface area contributed by atoms with Crippen LogP contribution in [0.2, 0.25) is 0 Å².